The van der Waals surface area contributed by atoms with Gasteiger partial charge in [-0.3, -0.25) is 9.10 Å². The minimum atomic E-state index is -6.14. The van der Waals surface area contributed by atoms with Crippen LogP contribution >= 0.6 is 0 Å². The highest BCUT2D eigenvalue weighted by Crippen LogP contribution is 2.51. The molecule has 0 fully saturated rings. The van der Waals surface area contributed by atoms with E-state index in [0.29, 0.717) is 18.2 Å². The number of halogens is 7. The van der Waals surface area contributed by atoms with E-state index < -0.39 is 68.2 Å². The molecule has 0 aromatic heterocycles. The van der Waals surface area contributed by atoms with Crippen molar-refractivity contribution in [3.63, 3.8) is 0 Å². The number of rotatable bonds is 7. The Hall–Kier alpha value is -2.91. The maximum atomic E-state index is 13.7. The van der Waals surface area contributed by atoms with Gasteiger partial charge >= 0.3 is 12.4 Å². The summed E-state index contributed by atoms with van der Waals surface area (Å²) in [6.45, 7) is 2.77. The zero-order valence-corrected chi connectivity index (χ0v) is 22.3. The van der Waals surface area contributed by atoms with Crippen molar-refractivity contribution < 1.29 is 54.2 Å². The standard InChI is InChI=1S/C25H27F7N2O5S/c1-22(2,36)14-33(3)21(35)13-18-8-4-15-12-16(23(37,24(27,28)29)25(30,31)32)5-11-20(15)34(18)40(38,39)19-9-6-17(26)7-10-19/h5-7,9-12,18,36-37H,4,8,13-14H2,1-3H3. The molecule has 15 heteroatoms. The number of carbonyl (C=O) groups excluding carboxylic acids is 1. The molecule has 1 atom stereocenters. The first-order valence-electron chi connectivity index (χ1n) is 11.8. The number of hydrogen-bond acceptors (Lipinski definition) is 5. The van der Waals surface area contributed by atoms with E-state index >= 15 is 0 Å². The minimum Gasteiger partial charge on any atom is -0.389 e. The van der Waals surface area contributed by atoms with Gasteiger partial charge < -0.3 is 15.1 Å². The minimum absolute atomic E-state index is 0.114. The van der Waals surface area contributed by atoms with E-state index in [1.165, 1.54) is 20.9 Å². The van der Waals surface area contributed by atoms with E-state index in [1.54, 1.807) is 0 Å². The summed E-state index contributed by atoms with van der Waals surface area (Å²) in [5.74, 6) is -1.35. The molecule has 40 heavy (non-hydrogen) atoms. The van der Waals surface area contributed by atoms with Crippen molar-refractivity contribution in [2.45, 2.75) is 67.6 Å². The second-order valence-corrected chi connectivity index (χ2v) is 12.1. The van der Waals surface area contributed by atoms with Gasteiger partial charge in [0.1, 0.15) is 5.82 Å². The maximum absolute atomic E-state index is 13.7. The highest BCUT2D eigenvalue weighted by molar-refractivity contribution is 7.92. The van der Waals surface area contributed by atoms with Crippen LogP contribution in [-0.4, -0.2) is 67.0 Å². The molecule has 1 heterocycles. The van der Waals surface area contributed by atoms with Crippen LogP contribution in [0.5, 0.6) is 0 Å². The van der Waals surface area contributed by atoms with Crippen LogP contribution in [-0.2, 0) is 26.8 Å². The predicted octanol–water partition coefficient (Wildman–Crippen LogP) is 4.27. The summed E-state index contributed by atoms with van der Waals surface area (Å²) >= 11 is 0. The van der Waals surface area contributed by atoms with Gasteiger partial charge in [0.25, 0.3) is 15.6 Å². The number of anilines is 1. The highest BCUT2D eigenvalue weighted by Gasteiger charge is 2.71. The zero-order valence-electron chi connectivity index (χ0n) is 21.5. The quantitative estimate of drug-likeness (QED) is 0.463. The van der Waals surface area contributed by atoms with Gasteiger partial charge in [0.05, 0.1) is 22.2 Å². The molecule has 0 bridgehead atoms. The molecule has 0 saturated heterocycles. The van der Waals surface area contributed by atoms with Gasteiger partial charge in [-0.25, -0.2) is 12.8 Å². The Morgan fingerprint density at radius 1 is 1.00 bits per heavy atom. The van der Waals surface area contributed by atoms with Crippen molar-refractivity contribution in [3.05, 3.63) is 59.4 Å². The van der Waals surface area contributed by atoms with E-state index in [4.69, 9.17) is 0 Å². The second-order valence-electron chi connectivity index (χ2n) is 10.3. The Labute approximate surface area is 225 Å². The Bertz CT molecular complexity index is 1340. The number of hydrogen-bond donors (Lipinski definition) is 2. The van der Waals surface area contributed by atoms with Crippen LogP contribution in [0, 0.1) is 5.82 Å². The monoisotopic (exact) mass is 600 g/mol. The Kier molecular flexibility index (Phi) is 8.29. The fourth-order valence-corrected chi connectivity index (χ4v) is 6.32. The summed E-state index contributed by atoms with van der Waals surface area (Å²) < 4.78 is 122. The third-order valence-corrected chi connectivity index (χ3v) is 8.34. The lowest BCUT2D eigenvalue weighted by Crippen LogP contribution is -2.54. The molecule has 2 aromatic rings. The maximum Gasteiger partial charge on any atom is 0.430 e. The van der Waals surface area contributed by atoms with Gasteiger partial charge in [0.15, 0.2) is 0 Å². The first-order valence-corrected chi connectivity index (χ1v) is 13.3. The van der Waals surface area contributed by atoms with Gasteiger partial charge in [0, 0.05) is 25.6 Å². The van der Waals surface area contributed by atoms with Gasteiger partial charge in [-0.15, -0.1) is 0 Å². The normalized spacial score (nSPS) is 17.0. The summed E-state index contributed by atoms with van der Waals surface area (Å²) in [6, 6.07) is 3.92. The average molecular weight is 601 g/mol. The zero-order chi connectivity index (χ0) is 30.5. The number of amides is 1. The molecule has 7 nitrogen and oxygen atoms in total. The molecule has 222 valence electrons. The largest absolute Gasteiger partial charge is 0.430 e. The summed E-state index contributed by atoms with van der Waals surface area (Å²) in [5.41, 5.74) is -8.60. The van der Waals surface area contributed by atoms with Crippen LogP contribution < -0.4 is 4.31 Å². The van der Waals surface area contributed by atoms with E-state index in [2.05, 4.69) is 0 Å². The molecule has 0 aliphatic carbocycles. The van der Waals surface area contributed by atoms with Gasteiger partial charge in [-0.05, 0) is 62.6 Å². The lowest BCUT2D eigenvalue weighted by atomic mass is 9.87. The Morgan fingerprint density at radius 2 is 1.55 bits per heavy atom. The molecule has 0 radical (unpaired) electrons. The van der Waals surface area contributed by atoms with Crippen LogP contribution in [0.1, 0.15) is 37.8 Å². The molecule has 1 aliphatic heterocycles. The molecule has 2 aromatic carbocycles. The number of benzene rings is 2. The van der Waals surface area contributed by atoms with Crippen molar-refractivity contribution in [2.75, 3.05) is 17.9 Å². The third kappa shape index (κ3) is 6.05. The van der Waals surface area contributed by atoms with Crippen molar-refractivity contribution in [1.29, 1.82) is 0 Å². The molecule has 3 rings (SSSR count). The molecular weight excluding hydrogens is 573 g/mol. The predicted molar refractivity (Wildman–Crippen MR) is 129 cm³/mol. The Balaban J connectivity index is 2.14. The number of aliphatic hydroxyl groups is 2. The smallest absolute Gasteiger partial charge is 0.389 e. The van der Waals surface area contributed by atoms with E-state index in [0.717, 1.165) is 33.5 Å². The summed E-state index contributed by atoms with van der Waals surface area (Å²) in [7, 11) is -3.24. The van der Waals surface area contributed by atoms with Crippen molar-refractivity contribution in [1.82, 2.24) is 4.90 Å². The fraction of sp³-hybridized carbons (Fsp3) is 0.480. The average Bonchev–Trinajstić information content (AvgIpc) is 2.80. The van der Waals surface area contributed by atoms with Crippen LogP contribution in [0.2, 0.25) is 0 Å². The van der Waals surface area contributed by atoms with Crippen molar-refractivity contribution >= 4 is 21.6 Å². The van der Waals surface area contributed by atoms with Crippen LogP contribution in [0.4, 0.5) is 36.4 Å². The van der Waals surface area contributed by atoms with E-state index in [9.17, 15) is 54.2 Å². The van der Waals surface area contributed by atoms with Crippen molar-refractivity contribution in [2.24, 2.45) is 0 Å². The fourth-order valence-electron chi connectivity index (χ4n) is 4.61. The van der Waals surface area contributed by atoms with Crippen LogP contribution in [0.15, 0.2) is 47.4 Å². The number of fused-ring (bicyclic) bond motifs is 1. The van der Waals surface area contributed by atoms with Gasteiger partial charge in [-0.1, -0.05) is 12.1 Å². The molecule has 1 aliphatic rings. The molecule has 1 unspecified atom stereocenters. The topological polar surface area (TPSA) is 98.1 Å². The molecule has 2 N–H and O–H groups in total. The molecular formula is C25H27F7N2O5S. The number of aryl methyl sites for hydroxylation is 1. The first-order chi connectivity index (χ1) is 18.1. The number of nitrogens with zero attached hydrogens (tertiary/aromatic N) is 2. The summed E-state index contributed by atoms with van der Waals surface area (Å²) in [4.78, 5) is 13.6. The number of carbonyl (C=O) groups is 1. The third-order valence-electron chi connectivity index (χ3n) is 6.46. The summed E-state index contributed by atoms with van der Waals surface area (Å²) in [5, 5.41) is 19.8. The number of sulfonamides is 1. The lowest BCUT2D eigenvalue weighted by molar-refractivity contribution is -0.376. The lowest BCUT2D eigenvalue weighted by Gasteiger charge is -2.39. The molecule has 0 saturated carbocycles. The van der Waals surface area contributed by atoms with Gasteiger partial charge in [-0.2, -0.15) is 26.3 Å². The highest BCUT2D eigenvalue weighted by atomic mass is 32.2. The molecule has 0 spiro atoms. The van der Waals surface area contributed by atoms with E-state index in [1.807, 2.05) is 0 Å². The van der Waals surface area contributed by atoms with Crippen LogP contribution in [0.3, 0.4) is 0 Å². The number of alkyl halides is 6. The van der Waals surface area contributed by atoms with Crippen molar-refractivity contribution in [3.8, 4) is 0 Å². The first kappa shape index (κ1) is 31.6. The Morgan fingerprint density at radius 3 is 2.05 bits per heavy atom. The van der Waals surface area contributed by atoms with Gasteiger partial charge in [0.2, 0.25) is 5.91 Å². The summed E-state index contributed by atoms with van der Waals surface area (Å²) in [6.07, 6.45) is -13.1. The van der Waals surface area contributed by atoms with Crippen LogP contribution in [0.25, 0.3) is 0 Å². The van der Waals surface area contributed by atoms with E-state index in [-0.39, 0.29) is 30.6 Å². The second kappa shape index (κ2) is 10.5. The number of likely N-dealkylation sites (N-methyl/N-ethyl adjacent to an activating group) is 1. The molecule has 1 amide bonds. The SMILES string of the molecule is CN(CC(C)(C)O)C(=O)CC1CCc2cc(C(O)(C(F)(F)F)C(F)(F)F)ccc2N1S(=O)(=O)c1ccc(F)cc1.